The summed E-state index contributed by atoms with van der Waals surface area (Å²) in [6.07, 6.45) is -0.191. The first-order valence-electron chi connectivity index (χ1n) is 6.51. The SMILES string of the molecule is O=C(CCS(=O)(=O)c1ccc(Cl)cc1)Nc1ccc(Cl)cc1Cl. The van der Waals surface area contributed by atoms with Crippen molar-refractivity contribution in [2.24, 2.45) is 0 Å². The van der Waals surface area contributed by atoms with E-state index in [1.165, 1.54) is 30.3 Å². The van der Waals surface area contributed by atoms with E-state index < -0.39 is 15.7 Å². The molecule has 4 nitrogen and oxygen atoms in total. The number of carbonyl (C=O) groups is 1. The molecule has 0 saturated carbocycles. The third kappa shape index (κ3) is 5.11. The number of hydrogen-bond donors (Lipinski definition) is 1. The number of anilines is 1. The zero-order valence-corrected chi connectivity index (χ0v) is 14.8. The van der Waals surface area contributed by atoms with Crippen LogP contribution in [0.5, 0.6) is 0 Å². The van der Waals surface area contributed by atoms with Crippen LogP contribution in [0, 0.1) is 0 Å². The smallest absolute Gasteiger partial charge is 0.225 e. The Morgan fingerprint density at radius 1 is 0.957 bits per heavy atom. The summed E-state index contributed by atoms with van der Waals surface area (Å²) in [5, 5.41) is 3.73. The van der Waals surface area contributed by atoms with Crippen LogP contribution in [0.25, 0.3) is 0 Å². The first-order valence-corrected chi connectivity index (χ1v) is 9.30. The van der Waals surface area contributed by atoms with Crippen molar-refractivity contribution in [3.8, 4) is 0 Å². The zero-order valence-electron chi connectivity index (χ0n) is 11.7. The van der Waals surface area contributed by atoms with Gasteiger partial charge in [0, 0.05) is 16.5 Å². The van der Waals surface area contributed by atoms with Crippen molar-refractivity contribution in [2.45, 2.75) is 11.3 Å². The molecule has 2 aromatic rings. The van der Waals surface area contributed by atoms with E-state index in [-0.39, 0.29) is 22.1 Å². The van der Waals surface area contributed by atoms with Gasteiger partial charge in [-0.2, -0.15) is 0 Å². The molecule has 122 valence electrons. The second-order valence-corrected chi connectivity index (χ2v) is 8.08. The highest BCUT2D eigenvalue weighted by atomic mass is 35.5. The average Bonchev–Trinajstić information content (AvgIpc) is 2.49. The number of sulfone groups is 1. The molecule has 0 bridgehead atoms. The Morgan fingerprint density at radius 3 is 2.17 bits per heavy atom. The summed E-state index contributed by atoms with van der Waals surface area (Å²) in [7, 11) is -3.55. The fourth-order valence-electron chi connectivity index (χ4n) is 1.79. The van der Waals surface area contributed by atoms with Gasteiger partial charge >= 0.3 is 0 Å². The van der Waals surface area contributed by atoms with Crippen LogP contribution in [0.2, 0.25) is 15.1 Å². The molecule has 2 aromatic carbocycles. The lowest BCUT2D eigenvalue weighted by Crippen LogP contribution is -2.17. The predicted octanol–water partition coefficient (Wildman–Crippen LogP) is 4.45. The van der Waals surface area contributed by atoms with Crippen molar-refractivity contribution in [1.82, 2.24) is 0 Å². The summed E-state index contributed by atoms with van der Waals surface area (Å²) in [6, 6.07) is 10.4. The van der Waals surface area contributed by atoms with Gasteiger partial charge in [0.2, 0.25) is 5.91 Å². The number of benzene rings is 2. The molecule has 0 aliphatic heterocycles. The Morgan fingerprint density at radius 2 is 1.57 bits per heavy atom. The summed E-state index contributed by atoms with van der Waals surface area (Å²) in [5.74, 6) is -0.766. The van der Waals surface area contributed by atoms with Crippen molar-refractivity contribution in [2.75, 3.05) is 11.1 Å². The van der Waals surface area contributed by atoms with Gasteiger partial charge in [-0.15, -0.1) is 0 Å². The molecule has 0 fully saturated rings. The Hall–Kier alpha value is -1.27. The lowest BCUT2D eigenvalue weighted by Gasteiger charge is -2.08. The van der Waals surface area contributed by atoms with Gasteiger partial charge in [0.15, 0.2) is 9.84 Å². The molecule has 2 rings (SSSR count). The Balaban J connectivity index is 1.99. The summed E-state index contributed by atoms with van der Waals surface area (Å²) < 4.78 is 24.3. The van der Waals surface area contributed by atoms with Gasteiger partial charge in [0.05, 0.1) is 21.4 Å². The topological polar surface area (TPSA) is 63.2 Å². The number of amides is 1. The molecule has 0 atom stereocenters. The second-order valence-electron chi connectivity index (χ2n) is 4.70. The summed E-state index contributed by atoms with van der Waals surface area (Å²) >= 11 is 17.4. The van der Waals surface area contributed by atoms with E-state index in [2.05, 4.69) is 5.32 Å². The first-order chi connectivity index (χ1) is 10.8. The Bertz CT molecular complexity index is 820. The lowest BCUT2D eigenvalue weighted by atomic mass is 10.3. The third-order valence-corrected chi connectivity index (χ3v) is 5.51. The molecular weight excluding hydrogens is 381 g/mol. The number of halogens is 3. The van der Waals surface area contributed by atoms with Gasteiger partial charge in [-0.25, -0.2) is 8.42 Å². The number of hydrogen-bond acceptors (Lipinski definition) is 3. The number of nitrogens with one attached hydrogen (secondary N) is 1. The van der Waals surface area contributed by atoms with E-state index in [0.717, 1.165) is 0 Å². The van der Waals surface area contributed by atoms with Gasteiger partial charge in [0.1, 0.15) is 0 Å². The van der Waals surface area contributed by atoms with Crippen LogP contribution in [-0.4, -0.2) is 20.1 Å². The van der Waals surface area contributed by atoms with Crippen LogP contribution in [0.15, 0.2) is 47.4 Å². The second kappa shape index (κ2) is 7.53. The van der Waals surface area contributed by atoms with Crippen molar-refractivity contribution < 1.29 is 13.2 Å². The molecule has 0 saturated heterocycles. The molecular formula is C15H12Cl3NO3S. The van der Waals surface area contributed by atoms with Crippen molar-refractivity contribution >= 4 is 56.2 Å². The first kappa shape index (κ1) is 18.1. The maximum absolute atomic E-state index is 12.1. The molecule has 0 aliphatic rings. The highest BCUT2D eigenvalue weighted by molar-refractivity contribution is 7.91. The van der Waals surface area contributed by atoms with Gasteiger partial charge < -0.3 is 5.32 Å². The van der Waals surface area contributed by atoms with E-state index in [9.17, 15) is 13.2 Å². The van der Waals surface area contributed by atoms with E-state index in [1.54, 1.807) is 12.1 Å². The van der Waals surface area contributed by atoms with Crippen LogP contribution in [0.4, 0.5) is 5.69 Å². The van der Waals surface area contributed by atoms with Gasteiger partial charge in [-0.05, 0) is 42.5 Å². The average molecular weight is 393 g/mol. The largest absolute Gasteiger partial charge is 0.325 e. The van der Waals surface area contributed by atoms with Gasteiger partial charge in [-0.3, -0.25) is 4.79 Å². The van der Waals surface area contributed by atoms with Crippen LogP contribution < -0.4 is 5.32 Å². The normalized spacial score (nSPS) is 11.3. The lowest BCUT2D eigenvalue weighted by molar-refractivity contribution is -0.115. The van der Waals surface area contributed by atoms with E-state index >= 15 is 0 Å². The predicted molar refractivity (Wildman–Crippen MR) is 93.2 cm³/mol. The minimum Gasteiger partial charge on any atom is -0.325 e. The van der Waals surface area contributed by atoms with E-state index in [4.69, 9.17) is 34.8 Å². The monoisotopic (exact) mass is 391 g/mol. The van der Waals surface area contributed by atoms with E-state index in [1.807, 2.05) is 0 Å². The van der Waals surface area contributed by atoms with Crippen molar-refractivity contribution in [3.63, 3.8) is 0 Å². The van der Waals surface area contributed by atoms with Crippen LogP contribution in [-0.2, 0) is 14.6 Å². The van der Waals surface area contributed by atoms with E-state index in [0.29, 0.717) is 15.7 Å². The molecule has 0 aliphatic carbocycles. The molecule has 0 unspecified atom stereocenters. The molecule has 0 aromatic heterocycles. The molecule has 0 radical (unpaired) electrons. The number of rotatable bonds is 5. The Labute approximate surface area is 149 Å². The summed E-state index contributed by atoms with van der Waals surface area (Å²) in [5.41, 5.74) is 0.380. The number of carbonyl (C=O) groups excluding carboxylic acids is 1. The molecule has 0 spiro atoms. The third-order valence-electron chi connectivity index (χ3n) is 2.98. The Kier molecular flexibility index (Phi) is 5.92. The van der Waals surface area contributed by atoms with Gasteiger partial charge in [-0.1, -0.05) is 34.8 Å². The van der Waals surface area contributed by atoms with Crippen LogP contribution >= 0.6 is 34.8 Å². The maximum Gasteiger partial charge on any atom is 0.225 e. The zero-order chi connectivity index (χ0) is 17.0. The maximum atomic E-state index is 12.1. The summed E-state index contributed by atoms with van der Waals surface area (Å²) in [4.78, 5) is 12.0. The molecule has 1 N–H and O–H groups in total. The fraction of sp³-hybridized carbons (Fsp3) is 0.133. The van der Waals surface area contributed by atoms with Gasteiger partial charge in [0.25, 0.3) is 0 Å². The standard InChI is InChI=1S/C15H12Cl3NO3S/c16-10-1-4-12(5-2-10)23(21,22)8-7-15(20)19-14-6-3-11(17)9-13(14)18/h1-6,9H,7-8H2,(H,19,20). The fourth-order valence-corrected chi connectivity index (χ4v) is 3.61. The molecule has 23 heavy (non-hydrogen) atoms. The van der Waals surface area contributed by atoms with Crippen molar-refractivity contribution in [1.29, 1.82) is 0 Å². The highest BCUT2D eigenvalue weighted by Gasteiger charge is 2.17. The minimum absolute atomic E-state index is 0.124. The molecule has 8 heteroatoms. The highest BCUT2D eigenvalue weighted by Crippen LogP contribution is 2.25. The summed E-state index contributed by atoms with van der Waals surface area (Å²) in [6.45, 7) is 0. The molecule has 0 heterocycles. The minimum atomic E-state index is -3.55. The van der Waals surface area contributed by atoms with Crippen molar-refractivity contribution in [3.05, 3.63) is 57.5 Å². The van der Waals surface area contributed by atoms with Crippen LogP contribution in [0.3, 0.4) is 0 Å². The quantitative estimate of drug-likeness (QED) is 0.817. The van der Waals surface area contributed by atoms with Crippen LogP contribution in [0.1, 0.15) is 6.42 Å². The molecule has 1 amide bonds.